The van der Waals surface area contributed by atoms with Crippen LogP contribution in [-0.4, -0.2) is 5.91 Å². The molecule has 2 nitrogen and oxygen atoms in total. The molecule has 1 N–H and O–H groups in total. The minimum atomic E-state index is -0.00611. The summed E-state index contributed by atoms with van der Waals surface area (Å²) in [5.74, 6) is -0.00611. The van der Waals surface area contributed by atoms with Crippen LogP contribution in [0.5, 0.6) is 0 Å². The van der Waals surface area contributed by atoms with E-state index in [4.69, 9.17) is 0 Å². The molecule has 0 aliphatic heterocycles. The van der Waals surface area contributed by atoms with Gasteiger partial charge in [0, 0.05) is 4.47 Å². The molecule has 2 aromatic carbocycles. The molecule has 0 fully saturated rings. The number of anilines is 1. The van der Waals surface area contributed by atoms with Gasteiger partial charge in [-0.25, -0.2) is 0 Å². The van der Waals surface area contributed by atoms with Gasteiger partial charge >= 0.3 is 0 Å². The van der Waals surface area contributed by atoms with Gasteiger partial charge in [-0.2, -0.15) is 0 Å². The number of hydrogen-bond donors (Lipinski definition) is 1. The van der Waals surface area contributed by atoms with E-state index in [9.17, 15) is 4.79 Å². The van der Waals surface area contributed by atoms with Gasteiger partial charge in [-0.3, -0.25) is 4.79 Å². The number of hydrogen-bond acceptors (Lipinski definition) is 1. The van der Waals surface area contributed by atoms with E-state index in [1.165, 1.54) is 5.56 Å². The number of amides is 1. The molecular formula is C16H16BrNO. The smallest absolute Gasteiger partial charge is 0.228 e. The molecule has 0 unspecified atom stereocenters. The molecule has 0 saturated carbocycles. The second kappa shape index (κ2) is 6.02. The van der Waals surface area contributed by atoms with E-state index in [0.29, 0.717) is 6.42 Å². The lowest BCUT2D eigenvalue weighted by molar-refractivity contribution is -0.115. The molecule has 0 aliphatic carbocycles. The Bertz CT molecular complexity index is 590. The third kappa shape index (κ3) is 3.93. The first-order valence-electron chi connectivity index (χ1n) is 6.16. The van der Waals surface area contributed by atoms with Crippen LogP contribution in [0.1, 0.15) is 16.7 Å². The van der Waals surface area contributed by atoms with E-state index in [1.54, 1.807) is 0 Å². The average molecular weight is 318 g/mol. The summed E-state index contributed by atoms with van der Waals surface area (Å²) in [6.45, 7) is 4.05. The van der Waals surface area contributed by atoms with Crippen molar-refractivity contribution < 1.29 is 4.79 Å². The fraction of sp³-hybridized carbons (Fsp3) is 0.188. The first-order valence-corrected chi connectivity index (χ1v) is 6.95. The molecule has 2 rings (SSSR count). The topological polar surface area (TPSA) is 29.1 Å². The third-order valence-electron chi connectivity index (χ3n) is 2.88. The van der Waals surface area contributed by atoms with Crippen molar-refractivity contribution in [3.8, 4) is 0 Å². The zero-order valence-electron chi connectivity index (χ0n) is 11.0. The standard InChI is InChI=1S/C16H16BrNO/c1-11-3-6-13(7-4-11)10-16(19)18-15-8-5-12(2)9-14(15)17/h3-9H,10H2,1-2H3,(H,18,19). The molecule has 2 aromatic rings. The molecular weight excluding hydrogens is 302 g/mol. The number of carbonyl (C=O) groups excluding carboxylic acids is 1. The number of carbonyl (C=O) groups is 1. The predicted octanol–water partition coefficient (Wildman–Crippen LogP) is 4.25. The van der Waals surface area contributed by atoms with Crippen LogP contribution >= 0.6 is 15.9 Å². The Morgan fingerprint density at radius 3 is 2.32 bits per heavy atom. The molecule has 0 radical (unpaired) electrons. The minimum absolute atomic E-state index is 0.00611. The first-order chi connectivity index (χ1) is 9.04. The summed E-state index contributed by atoms with van der Waals surface area (Å²) < 4.78 is 0.907. The van der Waals surface area contributed by atoms with Crippen LogP contribution in [0.4, 0.5) is 5.69 Å². The number of nitrogens with one attached hydrogen (secondary N) is 1. The first kappa shape index (κ1) is 13.8. The van der Waals surface area contributed by atoms with E-state index in [-0.39, 0.29) is 5.91 Å². The molecule has 0 aromatic heterocycles. The van der Waals surface area contributed by atoms with E-state index in [2.05, 4.69) is 21.2 Å². The van der Waals surface area contributed by atoms with Crippen molar-refractivity contribution in [2.24, 2.45) is 0 Å². The summed E-state index contributed by atoms with van der Waals surface area (Å²) in [5.41, 5.74) is 4.18. The monoisotopic (exact) mass is 317 g/mol. The average Bonchev–Trinajstić information content (AvgIpc) is 2.36. The largest absolute Gasteiger partial charge is 0.325 e. The summed E-state index contributed by atoms with van der Waals surface area (Å²) in [6.07, 6.45) is 0.389. The fourth-order valence-electron chi connectivity index (χ4n) is 1.81. The SMILES string of the molecule is Cc1ccc(CC(=O)Nc2ccc(C)cc2Br)cc1. The highest BCUT2D eigenvalue weighted by atomic mass is 79.9. The fourth-order valence-corrected chi connectivity index (χ4v) is 2.40. The molecule has 98 valence electrons. The molecule has 0 heterocycles. The van der Waals surface area contributed by atoms with Crippen molar-refractivity contribution in [3.05, 3.63) is 63.6 Å². The summed E-state index contributed by atoms with van der Waals surface area (Å²) in [6, 6.07) is 13.9. The van der Waals surface area contributed by atoms with Gasteiger partial charge in [0.1, 0.15) is 0 Å². The van der Waals surface area contributed by atoms with Crippen LogP contribution in [0, 0.1) is 13.8 Å². The van der Waals surface area contributed by atoms with Gasteiger partial charge in [0.05, 0.1) is 12.1 Å². The number of halogens is 1. The minimum Gasteiger partial charge on any atom is -0.325 e. The second-order valence-corrected chi connectivity index (χ2v) is 5.55. The predicted molar refractivity (Wildman–Crippen MR) is 82.4 cm³/mol. The van der Waals surface area contributed by atoms with Crippen molar-refractivity contribution >= 4 is 27.5 Å². The van der Waals surface area contributed by atoms with Crippen LogP contribution in [-0.2, 0) is 11.2 Å². The maximum absolute atomic E-state index is 12.0. The van der Waals surface area contributed by atoms with Gasteiger partial charge in [0.15, 0.2) is 0 Å². The molecule has 3 heteroatoms. The quantitative estimate of drug-likeness (QED) is 0.901. The Balaban J connectivity index is 2.03. The Hall–Kier alpha value is -1.61. The third-order valence-corrected chi connectivity index (χ3v) is 3.54. The Kier molecular flexibility index (Phi) is 4.38. The van der Waals surface area contributed by atoms with Gasteiger partial charge in [-0.05, 0) is 53.0 Å². The second-order valence-electron chi connectivity index (χ2n) is 4.69. The molecule has 0 atom stereocenters. The Morgan fingerprint density at radius 1 is 1.05 bits per heavy atom. The van der Waals surface area contributed by atoms with Crippen LogP contribution in [0.3, 0.4) is 0 Å². The van der Waals surface area contributed by atoms with Crippen LogP contribution in [0.2, 0.25) is 0 Å². The summed E-state index contributed by atoms with van der Waals surface area (Å²) in [7, 11) is 0. The summed E-state index contributed by atoms with van der Waals surface area (Å²) in [5, 5.41) is 2.91. The Morgan fingerprint density at radius 2 is 1.68 bits per heavy atom. The Labute approximate surface area is 122 Å². The maximum atomic E-state index is 12.0. The van der Waals surface area contributed by atoms with E-state index in [1.807, 2.05) is 56.3 Å². The molecule has 1 amide bonds. The lowest BCUT2D eigenvalue weighted by atomic mass is 10.1. The van der Waals surface area contributed by atoms with Crippen LogP contribution < -0.4 is 5.32 Å². The highest BCUT2D eigenvalue weighted by molar-refractivity contribution is 9.10. The van der Waals surface area contributed by atoms with Crippen molar-refractivity contribution in [1.82, 2.24) is 0 Å². The van der Waals surface area contributed by atoms with Crippen LogP contribution in [0.25, 0.3) is 0 Å². The zero-order valence-corrected chi connectivity index (χ0v) is 12.6. The normalized spacial score (nSPS) is 10.3. The van der Waals surface area contributed by atoms with Crippen molar-refractivity contribution in [1.29, 1.82) is 0 Å². The van der Waals surface area contributed by atoms with E-state index in [0.717, 1.165) is 21.3 Å². The van der Waals surface area contributed by atoms with Gasteiger partial charge in [0.2, 0.25) is 5.91 Å². The number of benzene rings is 2. The van der Waals surface area contributed by atoms with Crippen LogP contribution in [0.15, 0.2) is 46.9 Å². The van der Waals surface area contributed by atoms with E-state index < -0.39 is 0 Å². The molecule has 0 spiro atoms. The molecule has 19 heavy (non-hydrogen) atoms. The zero-order chi connectivity index (χ0) is 13.8. The molecule has 0 saturated heterocycles. The maximum Gasteiger partial charge on any atom is 0.228 e. The molecule has 0 aliphatic rings. The lowest BCUT2D eigenvalue weighted by Crippen LogP contribution is -2.14. The van der Waals surface area contributed by atoms with E-state index >= 15 is 0 Å². The summed E-state index contributed by atoms with van der Waals surface area (Å²) >= 11 is 3.46. The van der Waals surface area contributed by atoms with Crippen molar-refractivity contribution in [2.45, 2.75) is 20.3 Å². The lowest BCUT2D eigenvalue weighted by Gasteiger charge is -2.08. The number of rotatable bonds is 3. The van der Waals surface area contributed by atoms with Crippen molar-refractivity contribution in [2.75, 3.05) is 5.32 Å². The van der Waals surface area contributed by atoms with Gasteiger partial charge in [-0.15, -0.1) is 0 Å². The van der Waals surface area contributed by atoms with Gasteiger partial charge in [-0.1, -0.05) is 35.9 Å². The van der Waals surface area contributed by atoms with Gasteiger partial charge < -0.3 is 5.32 Å². The van der Waals surface area contributed by atoms with Crippen molar-refractivity contribution in [3.63, 3.8) is 0 Å². The highest BCUT2D eigenvalue weighted by Gasteiger charge is 2.06. The summed E-state index contributed by atoms with van der Waals surface area (Å²) in [4.78, 5) is 12.0. The molecule has 0 bridgehead atoms. The van der Waals surface area contributed by atoms with Gasteiger partial charge in [0.25, 0.3) is 0 Å². The number of aryl methyl sites for hydroxylation is 2. The highest BCUT2D eigenvalue weighted by Crippen LogP contribution is 2.23.